The first-order valence-corrected chi connectivity index (χ1v) is 4.39. The number of nitrogens with one attached hydrogen (secondary N) is 1. The van der Waals surface area contributed by atoms with Crippen molar-refractivity contribution in [2.75, 3.05) is 5.32 Å². The van der Waals surface area contributed by atoms with Crippen molar-refractivity contribution >= 4 is 11.6 Å². The van der Waals surface area contributed by atoms with Crippen LogP contribution in [0.3, 0.4) is 0 Å². The number of halogens is 2. The molecule has 0 atom stereocenters. The second kappa shape index (κ2) is 4.69. The maximum Gasteiger partial charge on any atom is 0.224 e. The Hall–Kier alpha value is -1.45. The van der Waals surface area contributed by atoms with Crippen LogP contribution in [0.5, 0.6) is 0 Å². The maximum atomic E-state index is 13.0. The van der Waals surface area contributed by atoms with Crippen molar-refractivity contribution in [3.63, 3.8) is 0 Å². The summed E-state index contributed by atoms with van der Waals surface area (Å²) >= 11 is 0. The van der Waals surface area contributed by atoms with E-state index in [9.17, 15) is 13.6 Å². The number of benzene rings is 1. The minimum atomic E-state index is -1.02. The summed E-state index contributed by atoms with van der Waals surface area (Å²) in [5.74, 6) is -2.28. The Morgan fingerprint density at radius 3 is 2.79 bits per heavy atom. The normalized spacial score (nSPS) is 9.93. The van der Waals surface area contributed by atoms with Crippen molar-refractivity contribution < 1.29 is 13.6 Å². The number of rotatable bonds is 3. The van der Waals surface area contributed by atoms with Gasteiger partial charge in [-0.15, -0.1) is 0 Å². The summed E-state index contributed by atoms with van der Waals surface area (Å²) in [6.07, 6.45) is 0.971. The third-order valence-corrected chi connectivity index (χ3v) is 1.70. The summed E-state index contributed by atoms with van der Waals surface area (Å²) in [6.45, 7) is 1.83. The Bertz CT molecular complexity index is 339. The van der Waals surface area contributed by atoms with Gasteiger partial charge in [0.1, 0.15) is 0 Å². The van der Waals surface area contributed by atoms with Gasteiger partial charge in [0.05, 0.1) is 5.69 Å². The summed E-state index contributed by atoms with van der Waals surface area (Å²) in [7, 11) is 0. The topological polar surface area (TPSA) is 29.1 Å². The fourth-order valence-electron chi connectivity index (χ4n) is 1.04. The molecule has 0 aliphatic heterocycles. The number of carbonyl (C=O) groups is 1. The first-order valence-electron chi connectivity index (χ1n) is 4.39. The standard InChI is InChI=1S/C10H11F2NO/c1-2-4-9(14)13-8-6-3-5-7(11)10(8)12/h3,5-6H,2,4H2,1H3,(H,13,14). The van der Waals surface area contributed by atoms with Crippen molar-refractivity contribution in [3.05, 3.63) is 29.8 Å². The van der Waals surface area contributed by atoms with Gasteiger partial charge in [0.2, 0.25) is 5.91 Å². The van der Waals surface area contributed by atoms with Crippen LogP contribution >= 0.6 is 0 Å². The highest BCUT2D eigenvalue weighted by Crippen LogP contribution is 2.16. The number of carbonyl (C=O) groups excluding carboxylic acids is 1. The largest absolute Gasteiger partial charge is 0.324 e. The van der Waals surface area contributed by atoms with Gasteiger partial charge < -0.3 is 5.32 Å². The quantitative estimate of drug-likeness (QED) is 0.796. The molecule has 1 amide bonds. The summed E-state index contributed by atoms with van der Waals surface area (Å²) in [6, 6.07) is 3.68. The second-order valence-electron chi connectivity index (χ2n) is 2.90. The molecule has 1 aromatic carbocycles. The van der Waals surface area contributed by atoms with E-state index in [0.717, 1.165) is 6.07 Å². The van der Waals surface area contributed by atoms with E-state index in [1.54, 1.807) is 0 Å². The first-order chi connectivity index (χ1) is 6.65. The fourth-order valence-corrected chi connectivity index (χ4v) is 1.04. The predicted molar refractivity (Wildman–Crippen MR) is 49.9 cm³/mol. The summed E-state index contributed by atoms with van der Waals surface area (Å²) in [5.41, 5.74) is -0.108. The third kappa shape index (κ3) is 2.52. The van der Waals surface area contributed by atoms with Crippen LogP contribution in [-0.4, -0.2) is 5.91 Å². The van der Waals surface area contributed by atoms with E-state index < -0.39 is 11.6 Å². The molecule has 0 unspecified atom stereocenters. The Morgan fingerprint density at radius 2 is 2.14 bits per heavy atom. The predicted octanol–water partition coefficient (Wildman–Crippen LogP) is 2.70. The van der Waals surface area contributed by atoms with Crippen LogP contribution in [0.4, 0.5) is 14.5 Å². The van der Waals surface area contributed by atoms with Crippen LogP contribution in [0.15, 0.2) is 18.2 Å². The van der Waals surface area contributed by atoms with Gasteiger partial charge in [-0.25, -0.2) is 8.78 Å². The summed E-state index contributed by atoms with van der Waals surface area (Å²) < 4.78 is 25.7. The third-order valence-electron chi connectivity index (χ3n) is 1.70. The van der Waals surface area contributed by atoms with Crippen LogP contribution in [-0.2, 0) is 4.79 Å². The number of hydrogen-bond acceptors (Lipinski definition) is 1. The highest BCUT2D eigenvalue weighted by molar-refractivity contribution is 5.90. The molecule has 0 saturated carbocycles. The molecule has 76 valence electrons. The smallest absolute Gasteiger partial charge is 0.224 e. The molecule has 4 heteroatoms. The minimum Gasteiger partial charge on any atom is -0.324 e. The van der Waals surface area contributed by atoms with Gasteiger partial charge in [-0.05, 0) is 18.6 Å². The van der Waals surface area contributed by atoms with E-state index in [4.69, 9.17) is 0 Å². The number of hydrogen-bond donors (Lipinski definition) is 1. The molecule has 0 radical (unpaired) electrons. The Balaban J connectivity index is 2.76. The lowest BCUT2D eigenvalue weighted by Gasteiger charge is -2.05. The zero-order chi connectivity index (χ0) is 10.6. The molecule has 0 aliphatic carbocycles. The van der Waals surface area contributed by atoms with E-state index in [1.807, 2.05) is 6.92 Å². The van der Waals surface area contributed by atoms with Crippen molar-refractivity contribution in [2.24, 2.45) is 0 Å². The second-order valence-corrected chi connectivity index (χ2v) is 2.90. The Kier molecular flexibility index (Phi) is 3.56. The van der Waals surface area contributed by atoms with Gasteiger partial charge in [-0.1, -0.05) is 13.0 Å². The highest BCUT2D eigenvalue weighted by Gasteiger charge is 2.09. The van der Waals surface area contributed by atoms with E-state index in [1.165, 1.54) is 12.1 Å². The van der Waals surface area contributed by atoms with Crippen LogP contribution < -0.4 is 5.32 Å². The lowest BCUT2D eigenvalue weighted by atomic mass is 10.2. The molecule has 0 aliphatic rings. The SMILES string of the molecule is CCCC(=O)Nc1cccc(F)c1F. The summed E-state index contributed by atoms with van der Waals surface area (Å²) in [5, 5.41) is 2.30. The molecule has 0 bridgehead atoms. The zero-order valence-electron chi connectivity index (χ0n) is 7.81. The molecule has 1 rings (SSSR count). The van der Waals surface area contributed by atoms with Gasteiger partial charge in [0.25, 0.3) is 0 Å². The van der Waals surface area contributed by atoms with Crippen molar-refractivity contribution in [3.8, 4) is 0 Å². The maximum absolute atomic E-state index is 13.0. The molecule has 0 fully saturated rings. The van der Waals surface area contributed by atoms with Crippen LogP contribution in [0, 0.1) is 11.6 Å². The average molecular weight is 199 g/mol. The van der Waals surface area contributed by atoms with Gasteiger partial charge in [0, 0.05) is 6.42 Å². The zero-order valence-corrected chi connectivity index (χ0v) is 7.81. The van der Waals surface area contributed by atoms with Crippen LogP contribution in [0.2, 0.25) is 0 Å². The van der Waals surface area contributed by atoms with E-state index >= 15 is 0 Å². The molecule has 0 heterocycles. The lowest BCUT2D eigenvalue weighted by molar-refractivity contribution is -0.116. The molecule has 0 spiro atoms. The van der Waals surface area contributed by atoms with E-state index in [2.05, 4.69) is 5.32 Å². The van der Waals surface area contributed by atoms with Crippen molar-refractivity contribution in [1.82, 2.24) is 0 Å². The molecule has 14 heavy (non-hydrogen) atoms. The summed E-state index contributed by atoms with van der Waals surface area (Å²) in [4.78, 5) is 11.1. The molecule has 2 nitrogen and oxygen atoms in total. The Labute approximate surface area is 80.9 Å². The number of anilines is 1. The van der Waals surface area contributed by atoms with Crippen LogP contribution in [0.1, 0.15) is 19.8 Å². The Morgan fingerprint density at radius 1 is 1.43 bits per heavy atom. The highest BCUT2D eigenvalue weighted by atomic mass is 19.2. The monoisotopic (exact) mass is 199 g/mol. The lowest BCUT2D eigenvalue weighted by Crippen LogP contribution is -2.12. The molecular formula is C10H11F2NO. The van der Waals surface area contributed by atoms with Crippen molar-refractivity contribution in [1.29, 1.82) is 0 Å². The molecule has 1 N–H and O–H groups in total. The first kappa shape index (κ1) is 10.6. The minimum absolute atomic E-state index is 0.108. The van der Waals surface area contributed by atoms with Gasteiger partial charge in [-0.3, -0.25) is 4.79 Å². The van der Waals surface area contributed by atoms with Crippen molar-refractivity contribution in [2.45, 2.75) is 19.8 Å². The van der Waals surface area contributed by atoms with Gasteiger partial charge in [0.15, 0.2) is 11.6 Å². The van der Waals surface area contributed by atoms with Crippen LogP contribution in [0.25, 0.3) is 0 Å². The molecule has 0 saturated heterocycles. The molecule has 0 aromatic heterocycles. The van der Waals surface area contributed by atoms with Gasteiger partial charge in [-0.2, -0.15) is 0 Å². The van der Waals surface area contributed by atoms with E-state index in [-0.39, 0.29) is 11.6 Å². The fraction of sp³-hybridized carbons (Fsp3) is 0.300. The van der Waals surface area contributed by atoms with Gasteiger partial charge >= 0.3 is 0 Å². The average Bonchev–Trinajstić information content (AvgIpc) is 2.13. The number of amides is 1. The molecular weight excluding hydrogens is 188 g/mol. The van der Waals surface area contributed by atoms with E-state index in [0.29, 0.717) is 12.8 Å². The molecule has 1 aromatic rings.